The van der Waals surface area contributed by atoms with Crippen LogP contribution in [0.25, 0.3) is 11.5 Å². The van der Waals surface area contributed by atoms with Crippen LogP contribution in [-0.4, -0.2) is 4.98 Å². The predicted octanol–water partition coefficient (Wildman–Crippen LogP) is 3.55. The van der Waals surface area contributed by atoms with Gasteiger partial charge in [0.2, 0.25) is 5.89 Å². The van der Waals surface area contributed by atoms with Gasteiger partial charge in [-0.05, 0) is 41.1 Å². The number of aromatic nitrogens is 1. The standard InChI is InChI=1S/C10H7BrFNO/c1-6-5-14-10(13-6)7-2-3-9(12)8(11)4-7/h2-5H,1H3. The van der Waals surface area contributed by atoms with Crippen LogP contribution in [-0.2, 0) is 0 Å². The van der Waals surface area contributed by atoms with E-state index in [-0.39, 0.29) is 5.82 Å². The first-order valence-electron chi connectivity index (χ1n) is 4.04. The highest BCUT2D eigenvalue weighted by atomic mass is 79.9. The number of hydrogen-bond acceptors (Lipinski definition) is 2. The molecule has 0 bridgehead atoms. The summed E-state index contributed by atoms with van der Waals surface area (Å²) in [5.41, 5.74) is 1.56. The minimum absolute atomic E-state index is 0.294. The molecule has 4 heteroatoms. The van der Waals surface area contributed by atoms with E-state index in [4.69, 9.17) is 4.42 Å². The summed E-state index contributed by atoms with van der Waals surface area (Å²) in [5.74, 6) is 0.209. The van der Waals surface area contributed by atoms with Crippen LogP contribution in [0.5, 0.6) is 0 Å². The molecule has 72 valence electrons. The lowest BCUT2D eigenvalue weighted by Gasteiger charge is -1.97. The molecule has 0 atom stereocenters. The van der Waals surface area contributed by atoms with Crippen LogP contribution in [0.1, 0.15) is 5.69 Å². The van der Waals surface area contributed by atoms with E-state index in [0.29, 0.717) is 10.4 Å². The van der Waals surface area contributed by atoms with Crippen molar-refractivity contribution in [1.82, 2.24) is 4.98 Å². The summed E-state index contributed by atoms with van der Waals surface area (Å²) in [5, 5.41) is 0. The first kappa shape index (κ1) is 9.40. The van der Waals surface area contributed by atoms with Crippen LogP contribution in [0.2, 0.25) is 0 Å². The highest BCUT2D eigenvalue weighted by molar-refractivity contribution is 9.10. The van der Waals surface area contributed by atoms with Crippen LogP contribution in [0, 0.1) is 12.7 Å². The summed E-state index contributed by atoms with van der Waals surface area (Å²) in [6, 6.07) is 4.64. The predicted molar refractivity (Wildman–Crippen MR) is 54.3 cm³/mol. The first-order chi connectivity index (χ1) is 6.66. The zero-order chi connectivity index (χ0) is 10.1. The molecule has 14 heavy (non-hydrogen) atoms. The first-order valence-corrected chi connectivity index (χ1v) is 4.83. The number of benzene rings is 1. The molecule has 0 aliphatic heterocycles. The van der Waals surface area contributed by atoms with Crippen molar-refractivity contribution in [1.29, 1.82) is 0 Å². The number of nitrogens with zero attached hydrogens (tertiary/aromatic N) is 1. The van der Waals surface area contributed by atoms with Crippen LogP contribution in [0.15, 0.2) is 33.4 Å². The Morgan fingerprint density at radius 1 is 1.43 bits per heavy atom. The SMILES string of the molecule is Cc1coc(-c2ccc(F)c(Br)c2)n1. The van der Waals surface area contributed by atoms with E-state index in [9.17, 15) is 4.39 Å². The minimum atomic E-state index is -0.294. The summed E-state index contributed by atoms with van der Waals surface area (Å²) in [6.07, 6.45) is 1.56. The second kappa shape index (κ2) is 3.53. The Hall–Kier alpha value is -1.16. The monoisotopic (exact) mass is 255 g/mol. The van der Waals surface area contributed by atoms with Gasteiger partial charge in [0, 0.05) is 5.56 Å². The molecule has 2 nitrogen and oxygen atoms in total. The molecule has 0 radical (unpaired) electrons. The number of halogens is 2. The Bertz CT molecular complexity index is 467. The molecule has 0 saturated carbocycles. The molecule has 0 amide bonds. The van der Waals surface area contributed by atoms with Gasteiger partial charge in [0.15, 0.2) is 0 Å². The fraction of sp³-hybridized carbons (Fsp3) is 0.100. The fourth-order valence-electron chi connectivity index (χ4n) is 1.12. The third kappa shape index (κ3) is 1.70. The zero-order valence-corrected chi connectivity index (χ0v) is 9.01. The van der Waals surface area contributed by atoms with Gasteiger partial charge in [-0.25, -0.2) is 9.37 Å². The van der Waals surface area contributed by atoms with E-state index in [1.54, 1.807) is 18.4 Å². The molecule has 1 heterocycles. The number of rotatable bonds is 1. The topological polar surface area (TPSA) is 26.0 Å². The van der Waals surface area contributed by atoms with Crippen LogP contribution in [0.4, 0.5) is 4.39 Å². The van der Waals surface area contributed by atoms with Crippen molar-refractivity contribution >= 4 is 15.9 Å². The molecule has 0 aliphatic rings. The van der Waals surface area contributed by atoms with Gasteiger partial charge >= 0.3 is 0 Å². The lowest BCUT2D eigenvalue weighted by Crippen LogP contribution is -1.81. The molecule has 2 aromatic rings. The summed E-state index contributed by atoms with van der Waals surface area (Å²) in [6.45, 7) is 1.84. The molecular weight excluding hydrogens is 249 g/mol. The molecule has 0 unspecified atom stereocenters. The lowest BCUT2D eigenvalue weighted by atomic mass is 10.2. The molecule has 1 aromatic heterocycles. The number of hydrogen-bond donors (Lipinski definition) is 0. The highest BCUT2D eigenvalue weighted by Crippen LogP contribution is 2.24. The van der Waals surface area contributed by atoms with Crippen molar-refractivity contribution in [3.05, 3.63) is 40.4 Å². The second-order valence-corrected chi connectivity index (χ2v) is 3.78. The van der Waals surface area contributed by atoms with Crippen molar-refractivity contribution in [3.63, 3.8) is 0 Å². The average molecular weight is 256 g/mol. The third-order valence-corrected chi connectivity index (χ3v) is 2.39. The van der Waals surface area contributed by atoms with Crippen molar-refractivity contribution < 1.29 is 8.81 Å². The third-order valence-electron chi connectivity index (χ3n) is 1.79. The molecule has 0 spiro atoms. The molecule has 2 rings (SSSR count). The number of aryl methyl sites for hydroxylation is 1. The van der Waals surface area contributed by atoms with Gasteiger partial charge in [0.25, 0.3) is 0 Å². The molecule has 1 aromatic carbocycles. The summed E-state index contributed by atoms with van der Waals surface area (Å²) in [7, 11) is 0. The lowest BCUT2D eigenvalue weighted by molar-refractivity contribution is 0.572. The van der Waals surface area contributed by atoms with E-state index < -0.39 is 0 Å². The number of oxazole rings is 1. The van der Waals surface area contributed by atoms with E-state index >= 15 is 0 Å². The zero-order valence-electron chi connectivity index (χ0n) is 7.42. The minimum Gasteiger partial charge on any atom is -0.444 e. The summed E-state index contributed by atoms with van der Waals surface area (Å²) < 4.78 is 18.5. The fourth-order valence-corrected chi connectivity index (χ4v) is 1.49. The van der Waals surface area contributed by atoms with Gasteiger partial charge in [-0.3, -0.25) is 0 Å². The molecule has 0 N–H and O–H groups in total. The van der Waals surface area contributed by atoms with Gasteiger partial charge in [-0.2, -0.15) is 0 Å². The van der Waals surface area contributed by atoms with Gasteiger partial charge in [0.05, 0.1) is 10.2 Å². The van der Waals surface area contributed by atoms with E-state index in [0.717, 1.165) is 11.3 Å². The van der Waals surface area contributed by atoms with Crippen molar-refractivity contribution in [2.45, 2.75) is 6.92 Å². The smallest absolute Gasteiger partial charge is 0.226 e. The highest BCUT2D eigenvalue weighted by Gasteiger charge is 2.06. The van der Waals surface area contributed by atoms with E-state index in [1.165, 1.54) is 6.07 Å². The van der Waals surface area contributed by atoms with Crippen LogP contribution >= 0.6 is 15.9 Å². The van der Waals surface area contributed by atoms with Gasteiger partial charge in [-0.15, -0.1) is 0 Å². The Kier molecular flexibility index (Phi) is 2.37. The van der Waals surface area contributed by atoms with E-state index in [2.05, 4.69) is 20.9 Å². The van der Waals surface area contributed by atoms with Gasteiger partial charge in [-0.1, -0.05) is 0 Å². The van der Waals surface area contributed by atoms with Gasteiger partial charge < -0.3 is 4.42 Å². The molecule has 0 saturated heterocycles. The Labute approximate surface area is 88.9 Å². The summed E-state index contributed by atoms with van der Waals surface area (Å²) >= 11 is 3.11. The normalized spacial score (nSPS) is 10.5. The van der Waals surface area contributed by atoms with Crippen LogP contribution in [0.3, 0.4) is 0 Å². The maximum atomic E-state index is 12.9. The molecular formula is C10H7BrFNO. The molecule has 0 fully saturated rings. The largest absolute Gasteiger partial charge is 0.444 e. The quantitative estimate of drug-likeness (QED) is 0.779. The Morgan fingerprint density at radius 2 is 2.21 bits per heavy atom. The van der Waals surface area contributed by atoms with E-state index in [1.807, 2.05) is 6.92 Å². The Balaban J connectivity index is 2.47. The maximum absolute atomic E-state index is 12.9. The summed E-state index contributed by atoms with van der Waals surface area (Å²) in [4.78, 5) is 4.14. The van der Waals surface area contributed by atoms with Gasteiger partial charge in [0.1, 0.15) is 12.1 Å². The second-order valence-electron chi connectivity index (χ2n) is 2.92. The maximum Gasteiger partial charge on any atom is 0.226 e. The van der Waals surface area contributed by atoms with Crippen LogP contribution < -0.4 is 0 Å². The Morgan fingerprint density at radius 3 is 2.79 bits per heavy atom. The molecule has 0 aliphatic carbocycles. The average Bonchev–Trinajstić information content (AvgIpc) is 2.57. The van der Waals surface area contributed by atoms with Crippen molar-refractivity contribution in [2.75, 3.05) is 0 Å². The van der Waals surface area contributed by atoms with Crippen molar-refractivity contribution in [3.8, 4) is 11.5 Å². The van der Waals surface area contributed by atoms with Crippen molar-refractivity contribution in [2.24, 2.45) is 0 Å².